The van der Waals surface area contributed by atoms with Crippen LogP contribution in [0.5, 0.6) is 11.8 Å². The highest BCUT2D eigenvalue weighted by Gasteiger charge is 2.46. The Balaban J connectivity index is 0.000000792. The summed E-state index contributed by atoms with van der Waals surface area (Å²) < 4.78 is 90.2. The zero-order chi connectivity index (χ0) is 38.6. The average Bonchev–Trinajstić information content (AvgIpc) is 3.80. The molecule has 2 aromatic carbocycles. The van der Waals surface area contributed by atoms with Crippen molar-refractivity contribution in [2.45, 2.75) is 70.1 Å². The van der Waals surface area contributed by atoms with Gasteiger partial charge in [-0.25, -0.2) is 13.8 Å². The van der Waals surface area contributed by atoms with E-state index in [4.69, 9.17) is 20.9 Å². The van der Waals surface area contributed by atoms with E-state index in [-0.39, 0.29) is 81.1 Å². The van der Waals surface area contributed by atoms with Crippen LogP contribution in [0.3, 0.4) is 0 Å². The van der Waals surface area contributed by atoms with Gasteiger partial charge in [0.15, 0.2) is 5.82 Å². The van der Waals surface area contributed by atoms with Crippen molar-refractivity contribution in [2.75, 3.05) is 49.2 Å². The Hall–Kier alpha value is -5.01. The second kappa shape index (κ2) is 14.2. The number of hydrogen-bond donors (Lipinski definition) is 2. The molecule has 4 N–H and O–H groups in total. The third-order valence-corrected chi connectivity index (χ3v) is 12.4. The van der Waals surface area contributed by atoms with Gasteiger partial charge in [-0.1, -0.05) is 38.3 Å². The number of anilines is 3. The van der Waals surface area contributed by atoms with Crippen molar-refractivity contribution in [1.29, 1.82) is 5.26 Å². The van der Waals surface area contributed by atoms with Crippen LogP contribution >= 0.6 is 11.3 Å². The maximum Gasteiger partial charge on any atom is 0.420 e. The van der Waals surface area contributed by atoms with E-state index in [9.17, 15) is 5.26 Å². The summed E-state index contributed by atoms with van der Waals surface area (Å²) in [5.41, 5.74) is 8.95. The highest BCUT2D eigenvalue weighted by atomic mass is 32.1. The number of thiophene rings is 1. The van der Waals surface area contributed by atoms with Crippen molar-refractivity contribution in [1.82, 2.24) is 19.9 Å². The Morgan fingerprint density at radius 3 is 2.45 bits per heavy atom. The van der Waals surface area contributed by atoms with Gasteiger partial charge in [0.1, 0.15) is 58.6 Å². The van der Waals surface area contributed by atoms with Crippen LogP contribution in [0.15, 0.2) is 30.5 Å². The number of fused-ring (bicyclic) bond motifs is 2. The van der Waals surface area contributed by atoms with Crippen LogP contribution in [0.25, 0.3) is 32.1 Å². The minimum absolute atomic E-state index is 0.0364. The number of aromatic nitrogens is 3. The SMILES string of the molecule is CC1CCC1.N#Cc1c(N)sc2c(F)ccc(-c3c(C(F)(F)F)c4c5c(nc(OCC67CCCN6CCC7)nc5c3F)N(Cc3cccnc3N)CCO4)c12. The molecule has 6 heterocycles. The number of halogens is 5. The maximum atomic E-state index is 17.3. The van der Waals surface area contributed by atoms with Crippen molar-refractivity contribution in [2.24, 2.45) is 5.92 Å². The molecule has 55 heavy (non-hydrogen) atoms. The van der Waals surface area contributed by atoms with Gasteiger partial charge in [-0.05, 0) is 62.4 Å². The molecule has 5 aromatic rings. The molecule has 3 fully saturated rings. The van der Waals surface area contributed by atoms with Crippen molar-refractivity contribution in [3.63, 3.8) is 0 Å². The van der Waals surface area contributed by atoms with E-state index >= 15 is 22.0 Å². The van der Waals surface area contributed by atoms with Crippen LogP contribution in [0.1, 0.15) is 68.6 Å². The van der Waals surface area contributed by atoms with Crippen LogP contribution in [0.4, 0.5) is 38.6 Å². The zero-order valence-electron chi connectivity index (χ0n) is 30.1. The summed E-state index contributed by atoms with van der Waals surface area (Å²) in [6.07, 6.45) is 4.58. The molecule has 10 nitrogen and oxygen atoms in total. The molecule has 0 amide bonds. The largest absolute Gasteiger partial charge is 0.490 e. The maximum absolute atomic E-state index is 17.3. The average molecular weight is 779 g/mol. The lowest BCUT2D eigenvalue weighted by molar-refractivity contribution is -0.138. The monoisotopic (exact) mass is 778 g/mol. The first-order chi connectivity index (χ1) is 26.4. The van der Waals surface area contributed by atoms with Gasteiger partial charge < -0.3 is 25.8 Å². The Labute approximate surface area is 317 Å². The molecule has 0 bridgehead atoms. The first kappa shape index (κ1) is 36.9. The van der Waals surface area contributed by atoms with Crippen molar-refractivity contribution >= 4 is 49.0 Å². The molecular formula is C39H39F5N8O2S. The van der Waals surface area contributed by atoms with E-state index in [0.717, 1.165) is 56.8 Å². The number of nitriles is 1. The van der Waals surface area contributed by atoms with Gasteiger partial charge in [0.05, 0.1) is 27.7 Å². The third-order valence-electron chi connectivity index (χ3n) is 11.4. The number of hydrogen-bond acceptors (Lipinski definition) is 11. The highest BCUT2D eigenvalue weighted by Crippen LogP contribution is 2.53. The van der Waals surface area contributed by atoms with Crippen LogP contribution in [0, 0.1) is 28.9 Å². The standard InChI is InChI=1S/C34H29F5N8O2S.C5H10/c35-20-6-5-18(21-19(14-40)30(42)50-28(20)21)22-24(34(37,38)39)27-23-26(25(22)36)44-32(49-16-33-7-2-10-47(33)11-3-8-33)45-31(23)46(12-13-48-27)15-17-4-1-9-43-29(17)41;1-5-3-2-4-5/h1,4-6,9H,2-3,7-8,10-13,15-16,42H2,(H2,41,43);5H,2-4H2,1H3. The second-order valence-electron chi connectivity index (χ2n) is 14.8. The van der Waals surface area contributed by atoms with Gasteiger partial charge in [-0.15, -0.1) is 11.3 Å². The van der Waals surface area contributed by atoms with Gasteiger partial charge in [0.2, 0.25) is 0 Å². The van der Waals surface area contributed by atoms with Crippen molar-refractivity contribution in [3.8, 4) is 29.0 Å². The molecule has 4 aliphatic rings. The van der Waals surface area contributed by atoms with E-state index in [1.165, 1.54) is 25.5 Å². The highest BCUT2D eigenvalue weighted by molar-refractivity contribution is 7.23. The molecule has 3 aliphatic heterocycles. The molecule has 1 aliphatic carbocycles. The molecule has 0 unspecified atom stereocenters. The number of nitrogens with two attached hydrogens (primary N) is 2. The lowest BCUT2D eigenvalue weighted by Gasteiger charge is -2.31. The van der Waals surface area contributed by atoms with Crippen LogP contribution < -0.4 is 25.8 Å². The molecule has 0 atom stereocenters. The number of benzene rings is 2. The fourth-order valence-electron chi connectivity index (χ4n) is 8.31. The molecular weight excluding hydrogens is 740 g/mol. The molecule has 1 saturated carbocycles. The molecule has 16 heteroatoms. The van der Waals surface area contributed by atoms with E-state index in [2.05, 4.69) is 26.8 Å². The van der Waals surface area contributed by atoms with Gasteiger partial charge in [0, 0.05) is 29.3 Å². The molecule has 288 valence electrons. The van der Waals surface area contributed by atoms with Gasteiger partial charge in [0.25, 0.3) is 0 Å². The van der Waals surface area contributed by atoms with E-state index in [1.807, 2.05) is 6.07 Å². The Morgan fingerprint density at radius 2 is 1.80 bits per heavy atom. The molecule has 2 saturated heterocycles. The molecule has 0 spiro atoms. The number of nitrogen functional groups attached to an aromatic ring is 2. The summed E-state index contributed by atoms with van der Waals surface area (Å²) in [6.45, 7) is 4.23. The van der Waals surface area contributed by atoms with Crippen LogP contribution in [-0.2, 0) is 12.7 Å². The number of nitrogens with zero attached hydrogens (tertiary/aromatic N) is 6. The smallest absolute Gasteiger partial charge is 0.420 e. The zero-order valence-corrected chi connectivity index (χ0v) is 30.9. The second-order valence-corrected chi connectivity index (χ2v) is 15.8. The minimum Gasteiger partial charge on any atom is -0.490 e. The lowest BCUT2D eigenvalue weighted by atomic mass is 9.88. The topological polar surface area (TPSA) is 139 Å². The third kappa shape index (κ3) is 6.50. The fraction of sp³-hybridized carbons (Fsp3) is 0.436. The summed E-state index contributed by atoms with van der Waals surface area (Å²) in [5, 5.41) is 9.24. The van der Waals surface area contributed by atoms with Gasteiger partial charge >= 0.3 is 12.2 Å². The predicted octanol–water partition coefficient (Wildman–Crippen LogP) is 8.45. The Bertz CT molecular complexity index is 2330. The Kier molecular flexibility index (Phi) is 9.57. The normalized spacial score (nSPS) is 17.9. The quantitative estimate of drug-likeness (QED) is 0.162. The first-order valence-electron chi connectivity index (χ1n) is 18.4. The molecule has 0 radical (unpaired) electrons. The van der Waals surface area contributed by atoms with E-state index < -0.39 is 40.2 Å². The predicted molar refractivity (Wildman–Crippen MR) is 201 cm³/mol. The van der Waals surface area contributed by atoms with Crippen LogP contribution in [0.2, 0.25) is 0 Å². The minimum atomic E-state index is -5.18. The first-order valence-corrected chi connectivity index (χ1v) is 19.2. The Morgan fingerprint density at radius 1 is 1.05 bits per heavy atom. The fourth-order valence-corrected chi connectivity index (χ4v) is 9.26. The molecule has 3 aromatic heterocycles. The summed E-state index contributed by atoms with van der Waals surface area (Å²) in [5.74, 6) is -1.63. The van der Waals surface area contributed by atoms with Gasteiger partial charge in [-0.3, -0.25) is 4.90 Å². The van der Waals surface area contributed by atoms with Crippen molar-refractivity contribution in [3.05, 3.63) is 58.8 Å². The number of ether oxygens (including phenoxy) is 2. The number of alkyl halides is 3. The van der Waals surface area contributed by atoms with E-state index in [1.54, 1.807) is 17.0 Å². The van der Waals surface area contributed by atoms with Crippen molar-refractivity contribution < 1.29 is 31.4 Å². The summed E-state index contributed by atoms with van der Waals surface area (Å²) in [7, 11) is 0. The van der Waals surface area contributed by atoms with Crippen LogP contribution in [-0.4, -0.2) is 58.2 Å². The molecule has 9 rings (SSSR count). The summed E-state index contributed by atoms with van der Waals surface area (Å²) in [4.78, 5) is 17.2. The van der Waals surface area contributed by atoms with E-state index in [0.29, 0.717) is 16.9 Å². The number of rotatable bonds is 6. The summed E-state index contributed by atoms with van der Waals surface area (Å²) in [6, 6.07) is 6.96. The van der Waals surface area contributed by atoms with Gasteiger partial charge in [-0.2, -0.15) is 28.4 Å². The summed E-state index contributed by atoms with van der Waals surface area (Å²) >= 11 is 0.693. The lowest BCUT2D eigenvalue weighted by Crippen LogP contribution is -2.43. The number of pyridine rings is 1.